The zero-order valence-electron chi connectivity index (χ0n) is 17.9. The van der Waals surface area contributed by atoms with E-state index in [-0.39, 0.29) is 5.91 Å². The highest BCUT2D eigenvalue weighted by Gasteiger charge is 2.18. The lowest BCUT2D eigenvalue weighted by Gasteiger charge is -2.08. The van der Waals surface area contributed by atoms with E-state index < -0.39 is 0 Å². The second-order valence-electron chi connectivity index (χ2n) is 7.34. The zero-order valence-corrected chi connectivity index (χ0v) is 17.9. The van der Waals surface area contributed by atoms with Crippen LogP contribution in [0, 0.1) is 0 Å². The number of rotatable bonds is 9. The molecule has 4 rings (SSSR count). The Morgan fingerprint density at radius 3 is 2.19 bits per heavy atom. The summed E-state index contributed by atoms with van der Waals surface area (Å²) in [5, 5.41) is 7.49. The number of amides is 1. The third kappa shape index (κ3) is 5.55. The van der Waals surface area contributed by atoms with Gasteiger partial charge in [0.15, 0.2) is 0 Å². The van der Waals surface area contributed by atoms with Crippen LogP contribution in [0.5, 0.6) is 11.6 Å². The second kappa shape index (κ2) is 10.3. The van der Waals surface area contributed by atoms with Crippen molar-refractivity contribution >= 4 is 5.91 Å². The molecule has 4 aromatic rings. The van der Waals surface area contributed by atoms with Gasteiger partial charge in [-0.1, -0.05) is 72.8 Å². The Kier molecular flexibility index (Phi) is 6.82. The maximum atomic E-state index is 13.0. The molecule has 1 amide bonds. The number of benzene rings is 3. The Morgan fingerprint density at radius 1 is 0.875 bits per heavy atom. The molecule has 0 saturated carbocycles. The molecule has 0 radical (unpaired) electrons. The first kappa shape index (κ1) is 21.2. The van der Waals surface area contributed by atoms with Gasteiger partial charge in [0.05, 0.1) is 13.7 Å². The van der Waals surface area contributed by atoms with Gasteiger partial charge in [0.1, 0.15) is 17.9 Å². The van der Waals surface area contributed by atoms with Crippen molar-refractivity contribution in [1.82, 2.24) is 15.1 Å². The third-order valence-electron chi connectivity index (χ3n) is 4.99. The number of aromatic nitrogens is 2. The average molecular weight is 428 g/mol. The molecular formula is C26H25N3O3. The van der Waals surface area contributed by atoms with Crippen molar-refractivity contribution in [2.75, 3.05) is 7.11 Å². The van der Waals surface area contributed by atoms with Gasteiger partial charge < -0.3 is 14.8 Å². The van der Waals surface area contributed by atoms with E-state index in [0.717, 1.165) is 22.4 Å². The standard InChI is InChI=1S/C26H25N3O3/c1-31-23-14-12-20(13-15-23)16-27-25(30)24-18-29(17-21-8-4-2-5-9-21)28-26(24)32-19-22-10-6-3-7-11-22/h2-15,18H,16-17,19H2,1H3,(H,27,30). The summed E-state index contributed by atoms with van der Waals surface area (Å²) in [5.74, 6) is 0.860. The molecule has 0 unspecified atom stereocenters. The number of hydrogen-bond acceptors (Lipinski definition) is 4. The van der Waals surface area contributed by atoms with Crippen molar-refractivity contribution in [2.45, 2.75) is 19.7 Å². The molecule has 0 spiro atoms. The fraction of sp³-hybridized carbons (Fsp3) is 0.154. The Bertz CT molecular complexity index is 1140. The molecule has 162 valence electrons. The van der Waals surface area contributed by atoms with E-state index in [9.17, 15) is 4.79 Å². The van der Waals surface area contributed by atoms with Crippen LogP contribution in [0.4, 0.5) is 0 Å². The number of nitrogens with one attached hydrogen (secondary N) is 1. The minimum atomic E-state index is -0.233. The molecular weight excluding hydrogens is 402 g/mol. The second-order valence-corrected chi connectivity index (χ2v) is 7.34. The van der Waals surface area contributed by atoms with Crippen LogP contribution in [-0.2, 0) is 19.7 Å². The fourth-order valence-corrected chi connectivity index (χ4v) is 3.26. The lowest BCUT2D eigenvalue weighted by Crippen LogP contribution is -2.23. The van der Waals surface area contributed by atoms with E-state index in [0.29, 0.717) is 31.1 Å². The van der Waals surface area contributed by atoms with Crippen molar-refractivity contribution in [3.63, 3.8) is 0 Å². The summed E-state index contributed by atoms with van der Waals surface area (Å²) in [6.45, 7) is 1.28. The van der Waals surface area contributed by atoms with Gasteiger partial charge in [-0.25, -0.2) is 0 Å². The van der Waals surface area contributed by atoms with Crippen LogP contribution in [0.25, 0.3) is 0 Å². The molecule has 1 heterocycles. The highest BCUT2D eigenvalue weighted by Crippen LogP contribution is 2.19. The van der Waals surface area contributed by atoms with E-state index >= 15 is 0 Å². The van der Waals surface area contributed by atoms with Crippen molar-refractivity contribution in [3.8, 4) is 11.6 Å². The van der Waals surface area contributed by atoms with Gasteiger partial charge in [-0.2, -0.15) is 0 Å². The Labute approximate surface area is 187 Å². The fourth-order valence-electron chi connectivity index (χ4n) is 3.26. The van der Waals surface area contributed by atoms with Crippen LogP contribution >= 0.6 is 0 Å². The predicted octanol–water partition coefficient (Wildman–Crippen LogP) is 4.45. The normalized spacial score (nSPS) is 10.5. The Hall–Kier alpha value is -4.06. The predicted molar refractivity (Wildman–Crippen MR) is 123 cm³/mol. The monoisotopic (exact) mass is 427 g/mol. The zero-order chi connectivity index (χ0) is 22.2. The molecule has 6 nitrogen and oxygen atoms in total. The molecule has 0 aliphatic heterocycles. The van der Waals surface area contributed by atoms with Gasteiger partial charge in [-0.15, -0.1) is 5.10 Å². The summed E-state index contributed by atoms with van der Waals surface area (Å²) in [6.07, 6.45) is 1.73. The van der Waals surface area contributed by atoms with E-state index in [1.807, 2.05) is 84.9 Å². The van der Waals surface area contributed by atoms with E-state index in [4.69, 9.17) is 9.47 Å². The lowest BCUT2D eigenvalue weighted by molar-refractivity contribution is 0.0946. The molecule has 0 fully saturated rings. The van der Waals surface area contributed by atoms with Crippen LogP contribution in [0.2, 0.25) is 0 Å². The largest absolute Gasteiger partial charge is 0.497 e. The number of carbonyl (C=O) groups excluding carboxylic acids is 1. The first-order chi connectivity index (χ1) is 15.7. The van der Waals surface area contributed by atoms with Gasteiger partial charge in [-0.3, -0.25) is 9.48 Å². The van der Waals surface area contributed by atoms with E-state index in [2.05, 4.69) is 10.4 Å². The van der Waals surface area contributed by atoms with Crippen LogP contribution in [0.1, 0.15) is 27.0 Å². The Morgan fingerprint density at radius 2 is 1.53 bits per heavy atom. The molecule has 0 atom stereocenters. The van der Waals surface area contributed by atoms with Crippen LogP contribution < -0.4 is 14.8 Å². The number of methoxy groups -OCH3 is 1. The van der Waals surface area contributed by atoms with Crippen LogP contribution in [0.15, 0.2) is 91.1 Å². The van der Waals surface area contributed by atoms with Crippen molar-refractivity contribution in [1.29, 1.82) is 0 Å². The summed E-state index contributed by atoms with van der Waals surface area (Å²) >= 11 is 0. The molecule has 0 aliphatic rings. The minimum Gasteiger partial charge on any atom is -0.497 e. The lowest BCUT2D eigenvalue weighted by atomic mass is 10.2. The van der Waals surface area contributed by atoms with E-state index in [1.54, 1.807) is 18.0 Å². The molecule has 0 aliphatic carbocycles. The molecule has 0 bridgehead atoms. The molecule has 0 saturated heterocycles. The first-order valence-corrected chi connectivity index (χ1v) is 10.4. The van der Waals surface area contributed by atoms with Gasteiger partial charge in [-0.05, 0) is 28.8 Å². The Balaban J connectivity index is 1.49. The van der Waals surface area contributed by atoms with Crippen molar-refractivity contribution < 1.29 is 14.3 Å². The number of hydrogen-bond donors (Lipinski definition) is 1. The average Bonchev–Trinajstić information content (AvgIpc) is 3.25. The molecule has 1 N–H and O–H groups in total. The highest BCUT2D eigenvalue weighted by atomic mass is 16.5. The maximum Gasteiger partial charge on any atom is 0.258 e. The van der Waals surface area contributed by atoms with E-state index in [1.165, 1.54) is 0 Å². The molecule has 3 aromatic carbocycles. The molecule has 1 aromatic heterocycles. The van der Waals surface area contributed by atoms with Crippen molar-refractivity contribution in [3.05, 3.63) is 113 Å². The smallest absolute Gasteiger partial charge is 0.258 e. The highest BCUT2D eigenvalue weighted by molar-refractivity contribution is 5.96. The van der Waals surface area contributed by atoms with Crippen molar-refractivity contribution in [2.24, 2.45) is 0 Å². The number of carbonyl (C=O) groups is 1. The quantitative estimate of drug-likeness (QED) is 0.429. The van der Waals surface area contributed by atoms with Crippen LogP contribution in [0.3, 0.4) is 0 Å². The van der Waals surface area contributed by atoms with Crippen LogP contribution in [-0.4, -0.2) is 22.8 Å². The molecule has 32 heavy (non-hydrogen) atoms. The summed E-state index contributed by atoms with van der Waals surface area (Å²) < 4.78 is 12.8. The molecule has 6 heteroatoms. The van der Waals surface area contributed by atoms with Gasteiger partial charge >= 0.3 is 0 Å². The SMILES string of the molecule is COc1ccc(CNC(=O)c2cn(Cc3ccccc3)nc2OCc2ccccc2)cc1. The summed E-state index contributed by atoms with van der Waals surface area (Å²) in [7, 11) is 1.63. The number of nitrogens with zero attached hydrogens (tertiary/aromatic N) is 2. The van der Waals surface area contributed by atoms with Gasteiger partial charge in [0, 0.05) is 12.7 Å². The third-order valence-corrected chi connectivity index (χ3v) is 4.99. The summed E-state index contributed by atoms with van der Waals surface area (Å²) in [4.78, 5) is 13.0. The summed E-state index contributed by atoms with van der Waals surface area (Å²) in [5.41, 5.74) is 3.48. The number of ether oxygens (including phenoxy) is 2. The van der Waals surface area contributed by atoms with Gasteiger partial charge in [0.25, 0.3) is 5.91 Å². The topological polar surface area (TPSA) is 65.4 Å². The first-order valence-electron chi connectivity index (χ1n) is 10.4. The maximum absolute atomic E-state index is 13.0. The minimum absolute atomic E-state index is 0.233. The summed E-state index contributed by atoms with van der Waals surface area (Å²) in [6, 6.07) is 27.4. The van der Waals surface area contributed by atoms with Gasteiger partial charge in [0.2, 0.25) is 5.88 Å².